The van der Waals surface area contributed by atoms with Crippen LogP contribution in [0, 0.1) is 0 Å². The summed E-state index contributed by atoms with van der Waals surface area (Å²) in [6.45, 7) is 1.11. The lowest BCUT2D eigenvalue weighted by molar-refractivity contribution is 0.0945. The normalized spacial score (nSPS) is 15.5. The number of ether oxygens (including phenoxy) is 2. The minimum Gasteiger partial charge on any atom is -0.486 e. The molecule has 3 heterocycles. The first-order valence-corrected chi connectivity index (χ1v) is 11.6. The largest absolute Gasteiger partial charge is 0.486 e. The smallest absolute Gasteiger partial charge is 0.252 e. The Balaban J connectivity index is 1.33. The average Bonchev–Trinajstić information content (AvgIpc) is 3.51. The lowest BCUT2D eigenvalue weighted by Gasteiger charge is -2.20. The van der Waals surface area contributed by atoms with Gasteiger partial charge in [0.1, 0.15) is 18.9 Å². The first-order chi connectivity index (χ1) is 17.3. The Bertz CT molecular complexity index is 1620. The van der Waals surface area contributed by atoms with E-state index in [-0.39, 0.29) is 11.9 Å². The number of carbonyl (C=O) groups is 1. The SMILES string of the molecule is O=C(NC1c2ccccc2-c2c(-c3ccc4c(c3)OCCO4)cccc21)c1ccnc2[nH]ccc12. The van der Waals surface area contributed by atoms with Crippen LogP contribution in [0.4, 0.5) is 0 Å². The summed E-state index contributed by atoms with van der Waals surface area (Å²) < 4.78 is 11.5. The van der Waals surface area contributed by atoms with Gasteiger partial charge in [-0.05, 0) is 57.6 Å². The number of aromatic amines is 1. The third-order valence-corrected chi connectivity index (χ3v) is 6.78. The maximum absolute atomic E-state index is 13.5. The molecule has 0 bridgehead atoms. The van der Waals surface area contributed by atoms with Gasteiger partial charge in [0.25, 0.3) is 5.91 Å². The minimum absolute atomic E-state index is 0.130. The quantitative estimate of drug-likeness (QED) is 0.374. The van der Waals surface area contributed by atoms with Gasteiger partial charge >= 0.3 is 0 Å². The zero-order valence-corrected chi connectivity index (χ0v) is 18.7. The highest BCUT2D eigenvalue weighted by Crippen LogP contribution is 2.49. The van der Waals surface area contributed by atoms with Gasteiger partial charge in [0.05, 0.1) is 11.6 Å². The summed E-state index contributed by atoms with van der Waals surface area (Å²) in [6.07, 6.45) is 3.46. The standard InChI is InChI=1S/C29H21N3O3/c33-29(22-11-13-31-28-21(22)10-12-30-28)32-27-20-5-2-1-4-19(20)26-18(6-3-7-23(26)27)17-8-9-24-25(16-17)35-15-14-34-24/h1-13,16,27H,14-15H2,(H,30,31)(H,32,33). The Kier molecular flexibility index (Phi) is 4.39. The van der Waals surface area contributed by atoms with Crippen molar-refractivity contribution in [2.75, 3.05) is 13.2 Å². The number of nitrogens with zero attached hydrogens (tertiary/aromatic N) is 1. The molecule has 0 spiro atoms. The van der Waals surface area contributed by atoms with E-state index < -0.39 is 0 Å². The molecule has 3 aromatic carbocycles. The van der Waals surface area contributed by atoms with Crippen LogP contribution in [0.1, 0.15) is 27.5 Å². The number of nitrogens with one attached hydrogen (secondary N) is 2. The molecule has 7 rings (SSSR count). The van der Waals surface area contributed by atoms with Crippen LogP contribution in [0.25, 0.3) is 33.3 Å². The van der Waals surface area contributed by atoms with E-state index in [2.05, 4.69) is 45.6 Å². The topological polar surface area (TPSA) is 76.2 Å². The second kappa shape index (κ2) is 7.74. The number of H-pyrrole nitrogens is 1. The van der Waals surface area contributed by atoms with Gasteiger partial charge in [-0.3, -0.25) is 4.79 Å². The first kappa shape index (κ1) is 19.9. The molecule has 1 amide bonds. The Morgan fingerprint density at radius 2 is 1.71 bits per heavy atom. The molecule has 2 N–H and O–H groups in total. The van der Waals surface area contributed by atoms with Crippen molar-refractivity contribution in [1.82, 2.24) is 15.3 Å². The van der Waals surface area contributed by atoms with Crippen molar-refractivity contribution in [3.05, 3.63) is 102 Å². The Morgan fingerprint density at radius 3 is 2.66 bits per heavy atom. The van der Waals surface area contributed by atoms with Gasteiger partial charge in [-0.2, -0.15) is 0 Å². The Morgan fingerprint density at radius 1 is 0.886 bits per heavy atom. The first-order valence-electron chi connectivity index (χ1n) is 11.6. The number of carbonyl (C=O) groups excluding carboxylic acids is 1. The summed E-state index contributed by atoms with van der Waals surface area (Å²) in [6, 6.07) is 24.0. The third kappa shape index (κ3) is 3.10. The van der Waals surface area contributed by atoms with Gasteiger partial charge in [-0.1, -0.05) is 48.5 Å². The lowest BCUT2D eigenvalue weighted by atomic mass is 9.93. The molecule has 1 atom stereocenters. The second-order valence-electron chi connectivity index (χ2n) is 8.72. The molecule has 1 unspecified atom stereocenters. The van der Waals surface area contributed by atoms with E-state index in [0.29, 0.717) is 24.4 Å². The fourth-order valence-corrected chi connectivity index (χ4v) is 5.23. The number of fused-ring (bicyclic) bond motifs is 5. The van der Waals surface area contributed by atoms with E-state index in [1.54, 1.807) is 18.5 Å². The van der Waals surface area contributed by atoms with Gasteiger partial charge in [0.15, 0.2) is 11.5 Å². The number of rotatable bonds is 3. The van der Waals surface area contributed by atoms with Crippen molar-refractivity contribution in [3.8, 4) is 33.8 Å². The van der Waals surface area contributed by atoms with Crippen molar-refractivity contribution < 1.29 is 14.3 Å². The highest BCUT2D eigenvalue weighted by atomic mass is 16.6. The van der Waals surface area contributed by atoms with E-state index in [1.165, 1.54) is 0 Å². The summed E-state index contributed by atoms with van der Waals surface area (Å²) in [4.78, 5) is 20.9. The van der Waals surface area contributed by atoms with Gasteiger partial charge < -0.3 is 19.8 Å². The maximum atomic E-state index is 13.5. The van der Waals surface area contributed by atoms with Crippen LogP contribution >= 0.6 is 0 Å². The molecule has 0 radical (unpaired) electrons. The van der Waals surface area contributed by atoms with Gasteiger partial charge in [0.2, 0.25) is 0 Å². The molecule has 35 heavy (non-hydrogen) atoms. The lowest BCUT2D eigenvalue weighted by Crippen LogP contribution is -2.28. The highest BCUT2D eigenvalue weighted by Gasteiger charge is 2.32. The number of benzene rings is 3. The van der Waals surface area contributed by atoms with Gasteiger partial charge in [-0.15, -0.1) is 0 Å². The van der Waals surface area contributed by atoms with Gasteiger partial charge in [0, 0.05) is 17.8 Å². The van der Waals surface area contributed by atoms with E-state index in [9.17, 15) is 4.79 Å². The van der Waals surface area contributed by atoms with Crippen LogP contribution in [0.5, 0.6) is 11.5 Å². The van der Waals surface area contributed by atoms with Crippen LogP contribution in [0.15, 0.2) is 85.2 Å². The zero-order valence-electron chi connectivity index (χ0n) is 18.7. The van der Waals surface area contributed by atoms with Crippen molar-refractivity contribution in [2.45, 2.75) is 6.04 Å². The molecule has 6 heteroatoms. The predicted octanol–water partition coefficient (Wildman–Crippen LogP) is 5.50. The van der Waals surface area contributed by atoms with E-state index in [0.717, 1.165) is 50.3 Å². The minimum atomic E-state index is -0.256. The van der Waals surface area contributed by atoms with Crippen LogP contribution < -0.4 is 14.8 Å². The number of amides is 1. The number of aromatic nitrogens is 2. The summed E-state index contributed by atoms with van der Waals surface area (Å²) >= 11 is 0. The fraction of sp³-hybridized carbons (Fsp3) is 0.103. The Hall–Kier alpha value is -4.58. The molecular weight excluding hydrogens is 438 g/mol. The maximum Gasteiger partial charge on any atom is 0.252 e. The summed E-state index contributed by atoms with van der Waals surface area (Å²) in [5.41, 5.74) is 7.87. The fourth-order valence-electron chi connectivity index (χ4n) is 5.23. The van der Waals surface area contributed by atoms with Gasteiger partial charge in [-0.25, -0.2) is 4.98 Å². The molecule has 1 aliphatic carbocycles. The molecule has 0 saturated carbocycles. The third-order valence-electron chi connectivity index (χ3n) is 6.78. The average molecular weight is 460 g/mol. The molecule has 6 nitrogen and oxygen atoms in total. The molecule has 5 aromatic rings. The number of pyridine rings is 1. The van der Waals surface area contributed by atoms with E-state index >= 15 is 0 Å². The second-order valence-corrected chi connectivity index (χ2v) is 8.72. The van der Waals surface area contributed by atoms with E-state index in [1.807, 2.05) is 36.4 Å². The van der Waals surface area contributed by atoms with Crippen LogP contribution in [0.3, 0.4) is 0 Å². The molecule has 1 aliphatic heterocycles. The van der Waals surface area contributed by atoms with Crippen LogP contribution in [-0.4, -0.2) is 29.1 Å². The summed E-state index contributed by atoms with van der Waals surface area (Å²) in [7, 11) is 0. The summed E-state index contributed by atoms with van der Waals surface area (Å²) in [5.74, 6) is 1.40. The van der Waals surface area contributed by atoms with Crippen molar-refractivity contribution in [2.24, 2.45) is 0 Å². The summed E-state index contributed by atoms with van der Waals surface area (Å²) in [5, 5.41) is 4.10. The van der Waals surface area contributed by atoms with E-state index in [4.69, 9.17) is 9.47 Å². The van der Waals surface area contributed by atoms with Crippen LogP contribution in [0.2, 0.25) is 0 Å². The van der Waals surface area contributed by atoms with Crippen LogP contribution in [-0.2, 0) is 0 Å². The highest BCUT2D eigenvalue weighted by molar-refractivity contribution is 6.06. The molecule has 0 fully saturated rings. The van der Waals surface area contributed by atoms with Crippen molar-refractivity contribution >= 4 is 16.9 Å². The number of hydrogen-bond acceptors (Lipinski definition) is 4. The number of hydrogen-bond donors (Lipinski definition) is 2. The van der Waals surface area contributed by atoms with Crippen molar-refractivity contribution in [3.63, 3.8) is 0 Å². The predicted molar refractivity (Wildman–Crippen MR) is 134 cm³/mol. The van der Waals surface area contributed by atoms with Crippen molar-refractivity contribution in [1.29, 1.82) is 0 Å². The molecule has 2 aliphatic rings. The Labute approximate surface area is 201 Å². The zero-order chi connectivity index (χ0) is 23.4. The molecule has 170 valence electrons. The monoisotopic (exact) mass is 459 g/mol. The molecular formula is C29H21N3O3. The molecule has 0 saturated heterocycles. The molecule has 2 aromatic heterocycles.